The molecule has 1 aliphatic heterocycles. The maximum absolute atomic E-state index is 14.9. The van der Waals surface area contributed by atoms with Crippen molar-refractivity contribution < 1.29 is 17.2 Å². The fraction of sp³-hybridized carbons (Fsp3) is 0.269. The Labute approximate surface area is 207 Å². The Morgan fingerprint density at radius 3 is 2.58 bits per heavy atom. The number of aromatic nitrogens is 3. The molecule has 1 saturated heterocycles. The van der Waals surface area contributed by atoms with E-state index in [4.69, 9.17) is 0 Å². The second-order valence-electron chi connectivity index (χ2n) is 8.99. The summed E-state index contributed by atoms with van der Waals surface area (Å²) < 4.78 is 53.6. The van der Waals surface area contributed by atoms with Gasteiger partial charge in [-0.05, 0) is 23.3 Å². The number of hydrogen-bond donors (Lipinski definition) is 2. The molecule has 3 heterocycles. The zero-order chi connectivity index (χ0) is 25.1. The third-order valence-corrected chi connectivity index (χ3v) is 7.58. The number of nitrogens with zero attached hydrogens (tertiary/aromatic N) is 3. The van der Waals surface area contributed by atoms with Gasteiger partial charge < -0.3 is 10.6 Å². The quantitative estimate of drug-likeness (QED) is 0.388. The van der Waals surface area contributed by atoms with E-state index in [1.807, 2.05) is 6.07 Å². The van der Waals surface area contributed by atoms with Gasteiger partial charge in [0.2, 0.25) is 5.95 Å². The number of halogens is 2. The van der Waals surface area contributed by atoms with Gasteiger partial charge in [-0.1, -0.05) is 42.5 Å². The van der Waals surface area contributed by atoms with Crippen LogP contribution in [0, 0.1) is 5.82 Å². The van der Waals surface area contributed by atoms with Crippen LogP contribution in [0.5, 0.6) is 0 Å². The highest BCUT2D eigenvalue weighted by Crippen LogP contribution is 2.26. The van der Waals surface area contributed by atoms with Crippen molar-refractivity contribution in [2.75, 3.05) is 18.4 Å². The number of hydrogen-bond acceptors (Lipinski definition) is 7. The Balaban J connectivity index is 1.31. The lowest BCUT2D eigenvalue weighted by molar-refractivity contribution is 0.254. The lowest BCUT2D eigenvalue weighted by atomic mass is 10.0. The zero-order valence-electron chi connectivity index (χ0n) is 19.4. The smallest absolute Gasteiger partial charge is 0.224 e. The molecule has 0 aliphatic carbocycles. The Hall–Kier alpha value is -3.50. The summed E-state index contributed by atoms with van der Waals surface area (Å²) in [7, 11) is -3.53. The minimum absolute atomic E-state index is 0.108. The average molecular weight is 510 g/mol. The highest BCUT2D eigenvalue weighted by molar-refractivity contribution is 7.89. The van der Waals surface area contributed by atoms with Crippen molar-refractivity contribution in [3.8, 4) is 11.1 Å². The van der Waals surface area contributed by atoms with Crippen molar-refractivity contribution in [1.29, 1.82) is 0 Å². The molecule has 0 amide bonds. The van der Waals surface area contributed by atoms with Crippen molar-refractivity contribution in [1.82, 2.24) is 20.3 Å². The van der Waals surface area contributed by atoms with Gasteiger partial charge in [-0.3, -0.25) is 0 Å². The maximum Gasteiger partial charge on any atom is 0.224 e. The van der Waals surface area contributed by atoms with E-state index < -0.39 is 21.8 Å². The molecule has 0 radical (unpaired) electrons. The Kier molecular flexibility index (Phi) is 6.88. The molecule has 0 saturated carbocycles. The summed E-state index contributed by atoms with van der Waals surface area (Å²) >= 11 is 0. The molecule has 7 nitrogen and oxygen atoms in total. The van der Waals surface area contributed by atoms with Crippen LogP contribution in [0.1, 0.15) is 17.5 Å². The molecule has 2 aromatic heterocycles. The normalized spacial score (nSPS) is 18.3. The summed E-state index contributed by atoms with van der Waals surface area (Å²) in [6, 6.07) is 15.0. The van der Waals surface area contributed by atoms with E-state index in [-0.39, 0.29) is 23.1 Å². The fourth-order valence-corrected chi connectivity index (χ4v) is 5.80. The number of pyridine rings is 1. The third kappa shape index (κ3) is 5.83. The van der Waals surface area contributed by atoms with E-state index in [2.05, 4.69) is 25.6 Å². The van der Waals surface area contributed by atoms with Crippen molar-refractivity contribution >= 4 is 26.8 Å². The summed E-state index contributed by atoms with van der Waals surface area (Å²) in [5, 5.41) is 6.83. The van der Waals surface area contributed by atoms with Gasteiger partial charge in [0.15, 0.2) is 15.5 Å². The number of nitrogens with one attached hydrogen (secondary N) is 2. The monoisotopic (exact) mass is 509 g/mol. The highest BCUT2D eigenvalue weighted by Gasteiger charge is 2.22. The number of piperidine rings is 1. The van der Waals surface area contributed by atoms with Gasteiger partial charge in [-0.15, -0.1) is 0 Å². The SMILES string of the molecule is O=S(=O)(Cc1ccccc1)Cc1ccc(-c2cnc3nc(N[C@@H]4CNC[C@@H](F)C4)ncc3c2)cc1F. The molecule has 2 aromatic carbocycles. The number of fused-ring (bicyclic) bond motifs is 1. The molecule has 5 rings (SSSR count). The molecule has 10 heteroatoms. The van der Waals surface area contributed by atoms with Crippen molar-refractivity contribution in [2.45, 2.75) is 30.1 Å². The van der Waals surface area contributed by atoms with E-state index in [0.717, 1.165) is 0 Å². The van der Waals surface area contributed by atoms with E-state index >= 15 is 0 Å². The predicted molar refractivity (Wildman–Crippen MR) is 135 cm³/mol. The minimum Gasteiger partial charge on any atom is -0.350 e. The highest BCUT2D eigenvalue weighted by atomic mass is 32.2. The van der Waals surface area contributed by atoms with Gasteiger partial charge in [0, 0.05) is 54.5 Å². The number of rotatable bonds is 7. The van der Waals surface area contributed by atoms with E-state index in [9.17, 15) is 17.2 Å². The Morgan fingerprint density at radius 1 is 0.972 bits per heavy atom. The molecule has 1 fully saturated rings. The molecular formula is C26H25F2N5O2S. The summed E-state index contributed by atoms with van der Waals surface area (Å²) in [5.74, 6) is -0.748. The molecule has 4 aromatic rings. The van der Waals surface area contributed by atoms with Gasteiger partial charge in [-0.25, -0.2) is 27.2 Å². The largest absolute Gasteiger partial charge is 0.350 e. The van der Waals surface area contributed by atoms with Crippen LogP contribution in [-0.2, 0) is 21.3 Å². The topological polar surface area (TPSA) is 96.9 Å². The van der Waals surface area contributed by atoms with Crippen LogP contribution < -0.4 is 10.6 Å². The summed E-state index contributed by atoms with van der Waals surface area (Å²) in [6.07, 6.45) is 2.67. The maximum atomic E-state index is 14.9. The van der Waals surface area contributed by atoms with Gasteiger partial charge in [-0.2, -0.15) is 4.98 Å². The fourth-order valence-electron chi connectivity index (χ4n) is 4.29. The summed E-state index contributed by atoms with van der Waals surface area (Å²) in [4.78, 5) is 13.1. The zero-order valence-corrected chi connectivity index (χ0v) is 20.2. The van der Waals surface area contributed by atoms with Crippen LogP contribution in [0.2, 0.25) is 0 Å². The summed E-state index contributed by atoms with van der Waals surface area (Å²) in [5.41, 5.74) is 2.47. The number of benzene rings is 2. The first-order valence-corrected chi connectivity index (χ1v) is 13.4. The first-order valence-electron chi connectivity index (χ1n) is 11.6. The first-order chi connectivity index (χ1) is 17.3. The van der Waals surface area contributed by atoms with Crippen molar-refractivity contribution in [2.24, 2.45) is 0 Å². The first kappa shape index (κ1) is 24.2. The third-order valence-electron chi connectivity index (χ3n) is 6.05. The molecule has 1 aliphatic rings. The van der Waals surface area contributed by atoms with E-state index in [1.54, 1.807) is 48.8 Å². The Morgan fingerprint density at radius 2 is 1.81 bits per heavy atom. The lowest BCUT2D eigenvalue weighted by Gasteiger charge is -2.26. The van der Waals surface area contributed by atoms with E-state index in [0.29, 0.717) is 53.2 Å². The summed E-state index contributed by atoms with van der Waals surface area (Å²) in [6.45, 7) is 0.982. The molecule has 2 N–H and O–H groups in total. The second kappa shape index (κ2) is 10.2. The number of anilines is 1. The standard InChI is InChI=1S/C26H25F2N5O2S/c27-22-10-23(14-29-13-22)32-26-31-12-21-8-20(11-30-25(21)33-26)18-6-7-19(24(28)9-18)16-36(34,35)15-17-4-2-1-3-5-17/h1-9,11-12,22-23,29H,10,13-16H2,(H,30,31,32,33)/t22-,23-/m0/s1. The van der Waals surface area contributed by atoms with E-state index in [1.165, 1.54) is 12.1 Å². The average Bonchev–Trinajstić information content (AvgIpc) is 2.85. The molecule has 0 spiro atoms. The minimum atomic E-state index is -3.53. The van der Waals surface area contributed by atoms with Crippen molar-refractivity contribution in [3.05, 3.63) is 83.9 Å². The number of alkyl halides is 1. The molecular weight excluding hydrogens is 484 g/mol. The molecule has 186 valence electrons. The Bertz CT molecular complexity index is 1480. The van der Waals surface area contributed by atoms with Crippen LogP contribution in [0.4, 0.5) is 14.7 Å². The van der Waals surface area contributed by atoms with Crippen LogP contribution >= 0.6 is 0 Å². The van der Waals surface area contributed by atoms with Crippen LogP contribution in [-0.4, -0.2) is 48.7 Å². The van der Waals surface area contributed by atoms with Gasteiger partial charge in [0.1, 0.15) is 12.0 Å². The molecule has 2 atom stereocenters. The lowest BCUT2D eigenvalue weighted by Crippen LogP contribution is -2.44. The predicted octanol–water partition coefficient (Wildman–Crippen LogP) is 4.06. The van der Waals surface area contributed by atoms with Crippen molar-refractivity contribution in [3.63, 3.8) is 0 Å². The number of sulfone groups is 1. The molecule has 36 heavy (non-hydrogen) atoms. The van der Waals surface area contributed by atoms with Gasteiger partial charge in [0.05, 0.1) is 11.5 Å². The second-order valence-corrected chi connectivity index (χ2v) is 11.1. The molecule has 0 bridgehead atoms. The van der Waals surface area contributed by atoms with Gasteiger partial charge in [0.25, 0.3) is 0 Å². The molecule has 0 unspecified atom stereocenters. The van der Waals surface area contributed by atoms with Crippen LogP contribution in [0.25, 0.3) is 22.2 Å². The van der Waals surface area contributed by atoms with Crippen LogP contribution in [0.3, 0.4) is 0 Å². The van der Waals surface area contributed by atoms with Gasteiger partial charge >= 0.3 is 0 Å². The van der Waals surface area contributed by atoms with Crippen LogP contribution in [0.15, 0.2) is 67.0 Å².